The Labute approximate surface area is 90.8 Å². The van der Waals surface area contributed by atoms with Gasteiger partial charge < -0.3 is 0 Å². The van der Waals surface area contributed by atoms with Gasteiger partial charge in [0, 0.05) is 0 Å². The Kier molecular flexibility index (Phi) is 4.74. The maximum absolute atomic E-state index is 9.12. The maximum atomic E-state index is 9.12. The standard InChI is InChI=1S/C11H14O2Se/c1-3-6-14-11-7-10(13-2)5-4-9(11)8-12/h3-5,7,12H,1,6,8H2,2H3. The van der Waals surface area contributed by atoms with Crippen LogP contribution in [0.4, 0.5) is 0 Å². The van der Waals surface area contributed by atoms with Crippen LogP contribution in [0.3, 0.4) is 0 Å². The van der Waals surface area contributed by atoms with Gasteiger partial charge in [0.15, 0.2) is 0 Å². The summed E-state index contributed by atoms with van der Waals surface area (Å²) >= 11 is 0.342. The predicted molar refractivity (Wildman–Crippen MR) is 59.3 cm³/mol. The van der Waals surface area contributed by atoms with Gasteiger partial charge in [0.05, 0.1) is 0 Å². The number of hydrogen-bond donors (Lipinski definition) is 1. The zero-order chi connectivity index (χ0) is 10.4. The Morgan fingerprint density at radius 2 is 2.36 bits per heavy atom. The van der Waals surface area contributed by atoms with Crippen molar-refractivity contribution in [2.75, 3.05) is 7.11 Å². The second kappa shape index (κ2) is 5.86. The van der Waals surface area contributed by atoms with Crippen LogP contribution in [0, 0.1) is 0 Å². The summed E-state index contributed by atoms with van der Waals surface area (Å²) in [5, 5.41) is 10.1. The molecule has 14 heavy (non-hydrogen) atoms. The molecule has 1 rings (SSSR count). The molecule has 1 aromatic rings. The zero-order valence-corrected chi connectivity index (χ0v) is 9.91. The summed E-state index contributed by atoms with van der Waals surface area (Å²) in [6.45, 7) is 3.79. The quantitative estimate of drug-likeness (QED) is 0.632. The molecule has 0 spiro atoms. The Morgan fingerprint density at radius 3 is 2.93 bits per heavy atom. The van der Waals surface area contributed by atoms with Crippen molar-refractivity contribution in [3.8, 4) is 5.75 Å². The van der Waals surface area contributed by atoms with Crippen molar-refractivity contribution in [1.29, 1.82) is 0 Å². The van der Waals surface area contributed by atoms with Crippen molar-refractivity contribution in [2.24, 2.45) is 0 Å². The fraction of sp³-hybridized carbons (Fsp3) is 0.273. The van der Waals surface area contributed by atoms with Crippen LogP contribution in [0.2, 0.25) is 5.32 Å². The summed E-state index contributed by atoms with van der Waals surface area (Å²) in [5.41, 5.74) is 0.993. The van der Waals surface area contributed by atoms with Crippen molar-refractivity contribution in [3.05, 3.63) is 36.4 Å². The van der Waals surface area contributed by atoms with Crippen molar-refractivity contribution >= 4 is 19.4 Å². The molecule has 1 N–H and O–H groups in total. The zero-order valence-electron chi connectivity index (χ0n) is 8.19. The van der Waals surface area contributed by atoms with E-state index in [-0.39, 0.29) is 6.61 Å². The molecule has 0 unspecified atom stereocenters. The molecule has 0 amide bonds. The van der Waals surface area contributed by atoms with Gasteiger partial charge in [-0.25, -0.2) is 0 Å². The van der Waals surface area contributed by atoms with E-state index >= 15 is 0 Å². The molecular formula is C11H14O2Se. The summed E-state index contributed by atoms with van der Waals surface area (Å²) in [5.74, 6) is 0.850. The van der Waals surface area contributed by atoms with Crippen molar-refractivity contribution in [1.82, 2.24) is 0 Å². The van der Waals surface area contributed by atoms with Crippen LogP contribution in [0.25, 0.3) is 0 Å². The normalized spacial score (nSPS) is 9.86. The second-order valence-corrected chi connectivity index (χ2v) is 4.96. The van der Waals surface area contributed by atoms with Gasteiger partial charge in [0.25, 0.3) is 0 Å². The van der Waals surface area contributed by atoms with Crippen molar-refractivity contribution in [3.63, 3.8) is 0 Å². The first kappa shape index (κ1) is 11.3. The minimum absolute atomic E-state index is 0.0955. The van der Waals surface area contributed by atoms with E-state index in [4.69, 9.17) is 9.84 Å². The van der Waals surface area contributed by atoms with Gasteiger partial charge in [-0.15, -0.1) is 0 Å². The number of allylic oxidation sites excluding steroid dienone is 1. The van der Waals surface area contributed by atoms with Gasteiger partial charge >= 0.3 is 90.5 Å². The van der Waals surface area contributed by atoms with Crippen molar-refractivity contribution < 1.29 is 9.84 Å². The predicted octanol–water partition coefficient (Wildman–Crippen LogP) is 1.12. The number of ether oxygens (including phenoxy) is 1. The van der Waals surface area contributed by atoms with Gasteiger partial charge in [-0.2, -0.15) is 0 Å². The molecule has 3 heteroatoms. The van der Waals surface area contributed by atoms with Gasteiger partial charge in [-0.1, -0.05) is 0 Å². The number of aliphatic hydroxyl groups excluding tert-OH is 1. The first-order chi connectivity index (χ1) is 6.81. The fourth-order valence-corrected chi connectivity index (χ4v) is 2.79. The van der Waals surface area contributed by atoms with Crippen LogP contribution in [0.5, 0.6) is 5.75 Å². The molecule has 0 aliphatic rings. The van der Waals surface area contributed by atoms with Crippen LogP contribution < -0.4 is 9.20 Å². The molecule has 0 heterocycles. The third-order valence-corrected chi connectivity index (χ3v) is 4.10. The number of rotatable bonds is 5. The topological polar surface area (TPSA) is 29.5 Å². The van der Waals surface area contributed by atoms with Crippen LogP contribution in [0.15, 0.2) is 30.9 Å². The second-order valence-electron chi connectivity index (χ2n) is 2.73. The van der Waals surface area contributed by atoms with E-state index in [1.807, 2.05) is 24.3 Å². The van der Waals surface area contributed by atoms with E-state index in [1.54, 1.807) is 7.11 Å². The number of benzene rings is 1. The molecule has 1 aromatic carbocycles. The first-order valence-electron chi connectivity index (χ1n) is 4.33. The minimum atomic E-state index is 0.0955. The molecule has 0 aliphatic heterocycles. The molecule has 76 valence electrons. The fourth-order valence-electron chi connectivity index (χ4n) is 1.08. The summed E-state index contributed by atoms with van der Waals surface area (Å²) in [6, 6.07) is 5.78. The Hall–Kier alpha value is -0.761. The number of methoxy groups -OCH3 is 1. The molecule has 2 nitrogen and oxygen atoms in total. The Balaban J connectivity index is 2.89. The average Bonchev–Trinajstić information content (AvgIpc) is 2.25. The molecular weight excluding hydrogens is 243 g/mol. The van der Waals surface area contributed by atoms with Crippen molar-refractivity contribution in [2.45, 2.75) is 11.9 Å². The molecule has 0 bridgehead atoms. The number of hydrogen-bond acceptors (Lipinski definition) is 2. The van der Waals surface area contributed by atoms with E-state index in [0.717, 1.165) is 16.6 Å². The molecule has 0 aliphatic carbocycles. The SMILES string of the molecule is C=CC[Se]c1cc(OC)ccc1CO. The summed E-state index contributed by atoms with van der Waals surface area (Å²) in [7, 11) is 1.65. The third-order valence-electron chi connectivity index (χ3n) is 1.80. The number of aliphatic hydroxyl groups is 1. The molecule has 0 saturated carbocycles. The molecule has 0 fully saturated rings. The third kappa shape index (κ3) is 2.88. The van der Waals surface area contributed by atoms with E-state index in [9.17, 15) is 0 Å². The average molecular weight is 257 g/mol. The molecule has 0 saturated heterocycles. The molecule has 0 radical (unpaired) electrons. The van der Waals surface area contributed by atoms with E-state index in [2.05, 4.69) is 6.58 Å². The van der Waals surface area contributed by atoms with Gasteiger partial charge in [0.2, 0.25) is 0 Å². The summed E-state index contributed by atoms with van der Waals surface area (Å²) in [6.07, 6.45) is 1.90. The van der Waals surface area contributed by atoms with E-state index in [0.29, 0.717) is 15.0 Å². The summed E-state index contributed by atoms with van der Waals surface area (Å²) < 4.78 is 6.33. The van der Waals surface area contributed by atoms with Crippen LogP contribution in [-0.4, -0.2) is 27.2 Å². The Morgan fingerprint density at radius 1 is 1.57 bits per heavy atom. The van der Waals surface area contributed by atoms with Gasteiger partial charge in [-0.3, -0.25) is 0 Å². The first-order valence-corrected chi connectivity index (χ1v) is 6.40. The van der Waals surface area contributed by atoms with Gasteiger partial charge in [-0.05, 0) is 0 Å². The molecule has 0 atom stereocenters. The summed E-state index contributed by atoms with van der Waals surface area (Å²) in [4.78, 5) is 0. The monoisotopic (exact) mass is 258 g/mol. The van der Waals surface area contributed by atoms with E-state index in [1.165, 1.54) is 4.46 Å². The Bertz CT molecular complexity index is 310. The van der Waals surface area contributed by atoms with Crippen LogP contribution >= 0.6 is 0 Å². The van der Waals surface area contributed by atoms with Crippen LogP contribution in [0.1, 0.15) is 5.56 Å². The van der Waals surface area contributed by atoms with Crippen LogP contribution in [-0.2, 0) is 6.61 Å². The van der Waals surface area contributed by atoms with Gasteiger partial charge in [0.1, 0.15) is 0 Å². The molecule has 0 aromatic heterocycles. The van der Waals surface area contributed by atoms with E-state index < -0.39 is 0 Å².